The number of anilines is 2. The molecular weight excluding hydrogens is 302 g/mol. The van der Waals surface area contributed by atoms with Crippen LogP contribution in [-0.2, 0) is 0 Å². The molecule has 124 valence electrons. The third-order valence-electron chi connectivity index (χ3n) is 4.61. The molecule has 24 heavy (non-hydrogen) atoms. The number of aromatic nitrogens is 5. The van der Waals surface area contributed by atoms with Crippen LogP contribution in [0.2, 0.25) is 0 Å². The van der Waals surface area contributed by atoms with Gasteiger partial charge in [0.2, 0.25) is 0 Å². The van der Waals surface area contributed by atoms with Crippen LogP contribution in [0.15, 0.2) is 30.6 Å². The van der Waals surface area contributed by atoms with Crippen LogP contribution in [0, 0.1) is 0 Å². The summed E-state index contributed by atoms with van der Waals surface area (Å²) in [6.45, 7) is 0. The van der Waals surface area contributed by atoms with Crippen molar-refractivity contribution >= 4 is 22.5 Å². The zero-order valence-electron chi connectivity index (χ0n) is 13.5. The summed E-state index contributed by atoms with van der Waals surface area (Å²) in [5.41, 5.74) is 8.55. The highest BCUT2D eigenvalue weighted by Gasteiger charge is 2.17. The maximum absolute atomic E-state index is 6.35. The van der Waals surface area contributed by atoms with Crippen molar-refractivity contribution in [3.63, 3.8) is 0 Å². The summed E-state index contributed by atoms with van der Waals surface area (Å²) < 4.78 is 1.67. The van der Waals surface area contributed by atoms with E-state index in [1.807, 2.05) is 24.3 Å². The molecule has 1 aromatic carbocycles. The van der Waals surface area contributed by atoms with E-state index in [1.54, 1.807) is 4.68 Å². The second kappa shape index (κ2) is 6.43. The summed E-state index contributed by atoms with van der Waals surface area (Å²) in [6.07, 6.45) is 8.98. The number of hydrogen-bond donors (Lipinski definition) is 2. The molecule has 0 amide bonds. The zero-order valence-corrected chi connectivity index (χ0v) is 13.5. The van der Waals surface area contributed by atoms with E-state index in [-0.39, 0.29) is 0 Å². The summed E-state index contributed by atoms with van der Waals surface area (Å²) in [7, 11) is 0. The van der Waals surface area contributed by atoms with Crippen molar-refractivity contribution in [1.29, 1.82) is 0 Å². The maximum Gasteiger partial charge on any atom is 0.184 e. The molecule has 3 N–H and O–H groups in total. The van der Waals surface area contributed by atoms with E-state index in [1.165, 1.54) is 32.0 Å². The Bertz CT molecular complexity index is 834. The molecule has 2 aromatic heterocycles. The van der Waals surface area contributed by atoms with Crippen molar-refractivity contribution in [2.45, 2.75) is 44.6 Å². The molecule has 1 fully saturated rings. The van der Waals surface area contributed by atoms with Gasteiger partial charge in [0.05, 0.1) is 5.52 Å². The van der Waals surface area contributed by atoms with Crippen LogP contribution < -0.4 is 11.1 Å². The number of benzene rings is 1. The number of rotatable bonds is 3. The van der Waals surface area contributed by atoms with Crippen molar-refractivity contribution in [2.75, 3.05) is 11.1 Å². The lowest BCUT2D eigenvalue weighted by Crippen LogP contribution is -2.21. The van der Waals surface area contributed by atoms with Crippen molar-refractivity contribution in [1.82, 2.24) is 25.0 Å². The molecule has 1 saturated carbocycles. The van der Waals surface area contributed by atoms with Crippen molar-refractivity contribution < 1.29 is 0 Å². The SMILES string of the molecule is Nc1c(NC2CCCCCC2)ncnc1-n1nnc2ccccc21. The number of hydrogen-bond acceptors (Lipinski definition) is 6. The smallest absolute Gasteiger partial charge is 0.184 e. The summed E-state index contributed by atoms with van der Waals surface area (Å²) in [5.74, 6) is 1.25. The van der Waals surface area contributed by atoms with Gasteiger partial charge in [0, 0.05) is 6.04 Å². The second-order valence-electron chi connectivity index (χ2n) is 6.28. The first-order chi connectivity index (χ1) is 11.8. The monoisotopic (exact) mass is 323 g/mol. The Hall–Kier alpha value is -2.70. The highest BCUT2D eigenvalue weighted by atomic mass is 15.4. The molecule has 0 saturated heterocycles. The molecule has 0 spiro atoms. The van der Waals surface area contributed by atoms with Crippen LogP contribution in [0.4, 0.5) is 11.5 Å². The van der Waals surface area contributed by atoms with E-state index in [4.69, 9.17) is 5.73 Å². The first kappa shape index (κ1) is 14.9. The predicted molar refractivity (Wildman–Crippen MR) is 94.0 cm³/mol. The minimum atomic E-state index is 0.421. The quantitative estimate of drug-likeness (QED) is 0.720. The molecule has 1 aliphatic carbocycles. The molecule has 0 aliphatic heterocycles. The van der Waals surface area contributed by atoms with Gasteiger partial charge < -0.3 is 11.1 Å². The minimum absolute atomic E-state index is 0.421. The highest BCUT2D eigenvalue weighted by molar-refractivity contribution is 5.78. The lowest BCUT2D eigenvalue weighted by molar-refractivity contribution is 0.617. The molecule has 1 aliphatic rings. The number of nitrogens with one attached hydrogen (secondary N) is 1. The summed E-state index contributed by atoms with van der Waals surface area (Å²) >= 11 is 0. The van der Waals surface area contributed by atoms with Gasteiger partial charge in [-0.1, -0.05) is 43.0 Å². The molecule has 0 atom stereocenters. The summed E-state index contributed by atoms with van der Waals surface area (Å²) in [6, 6.07) is 8.18. The van der Waals surface area contributed by atoms with E-state index in [0.29, 0.717) is 23.4 Å². The average Bonchev–Trinajstić information content (AvgIpc) is 2.86. The third kappa shape index (κ3) is 2.77. The molecule has 2 heterocycles. The average molecular weight is 323 g/mol. The van der Waals surface area contributed by atoms with E-state index in [0.717, 1.165) is 23.9 Å². The Morgan fingerprint density at radius 1 is 1.04 bits per heavy atom. The molecule has 0 bridgehead atoms. The fourth-order valence-electron chi connectivity index (χ4n) is 3.31. The maximum atomic E-state index is 6.35. The normalized spacial score (nSPS) is 16.2. The van der Waals surface area contributed by atoms with Gasteiger partial charge in [-0.2, -0.15) is 4.68 Å². The number of nitrogens with two attached hydrogens (primary N) is 1. The van der Waals surface area contributed by atoms with E-state index < -0.39 is 0 Å². The predicted octanol–water partition coefficient (Wildman–Crippen LogP) is 2.93. The Labute approximate surface area is 140 Å². The fourth-order valence-corrected chi connectivity index (χ4v) is 3.31. The van der Waals surface area contributed by atoms with Crippen molar-refractivity contribution in [3.8, 4) is 5.82 Å². The lowest BCUT2D eigenvalue weighted by Gasteiger charge is -2.18. The number of nitrogens with zero attached hydrogens (tertiary/aromatic N) is 5. The number of fused-ring (bicyclic) bond motifs is 1. The topological polar surface area (TPSA) is 94.5 Å². The van der Waals surface area contributed by atoms with Gasteiger partial charge in [-0.25, -0.2) is 9.97 Å². The Morgan fingerprint density at radius 2 is 1.83 bits per heavy atom. The van der Waals surface area contributed by atoms with Gasteiger partial charge in [0.1, 0.15) is 17.5 Å². The zero-order chi connectivity index (χ0) is 16.4. The van der Waals surface area contributed by atoms with Crippen molar-refractivity contribution in [2.24, 2.45) is 0 Å². The summed E-state index contributed by atoms with van der Waals surface area (Å²) in [4.78, 5) is 8.67. The first-order valence-electron chi connectivity index (χ1n) is 8.51. The van der Waals surface area contributed by atoms with Crippen LogP contribution in [0.5, 0.6) is 0 Å². The molecule has 0 unspecified atom stereocenters. The number of nitrogen functional groups attached to an aromatic ring is 1. The molecule has 0 radical (unpaired) electrons. The summed E-state index contributed by atoms with van der Waals surface area (Å²) in [5, 5.41) is 11.9. The van der Waals surface area contributed by atoms with Gasteiger partial charge >= 0.3 is 0 Å². The van der Waals surface area contributed by atoms with E-state index in [9.17, 15) is 0 Å². The van der Waals surface area contributed by atoms with Crippen LogP contribution in [0.3, 0.4) is 0 Å². The van der Waals surface area contributed by atoms with E-state index >= 15 is 0 Å². The van der Waals surface area contributed by atoms with E-state index in [2.05, 4.69) is 25.6 Å². The van der Waals surface area contributed by atoms with Crippen LogP contribution in [0.25, 0.3) is 16.9 Å². The molecule has 7 nitrogen and oxygen atoms in total. The van der Waals surface area contributed by atoms with Gasteiger partial charge in [-0.05, 0) is 25.0 Å². The van der Waals surface area contributed by atoms with Gasteiger partial charge in [-0.15, -0.1) is 5.10 Å². The highest BCUT2D eigenvalue weighted by Crippen LogP contribution is 2.27. The first-order valence-corrected chi connectivity index (χ1v) is 8.51. The largest absolute Gasteiger partial charge is 0.393 e. The fraction of sp³-hybridized carbons (Fsp3) is 0.412. The third-order valence-corrected chi connectivity index (χ3v) is 4.61. The van der Waals surface area contributed by atoms with Gasteiger partial charge in [0.25, 0.3) is 0 Å². The molecule has 7 heteroatoms. The minimum Gasteiger partial charge on any atom is -0.393 e. The van der Waals surface area contributed by atoms with Crippen molar-refractivity contribution in [3.05, 3.63) is 30.6 Å². The molecule has 4 rings (SSSR count). The second-order valence-corrected chi connectivity index (χ2v) is 6.28. The van der Waals surface area contributed by atoms with Gasteiger partial charge in [0.15, 0.2) is 11.6 Å². The number of para-hydroxylation sites is 1. The Kier molecular flexibility index (Phi) is 3.98. The van der Waals surface area contributed by atoms with Crippen LogP contribution in [0.1, 0.15) is 38.5 Å². The standard InChI is InChI=1S/C17H21N7/c18-15-16(21-12-7-3-1-2-4-8-12)19-11-20-17(15)24-14-10-6-5-9-13(14)22-23-24/h5-6,9-12H,1-4,7-8,18H2,(H,19,20,21). The Morgan fingerprint density at radius 3 is 2.67 bits per heavy atom. The van der Waals surface area contributed by atoms with Gasteiger partial charge in [-0.3, -0.25) is 0 Å². The lowest BCUT2D eigenvalue weighted by atomic mass is 10.1. The van der Waals surface area contributed by atoms with Crippen LogP contribution >= 0.6 is 0 Å². The van der Waals surface area contributed by atoms with Crippen LogP contribution in [-0.4, -0.2) is 31.0 Å². The molecular formula is C17H21N7. The Balaban J connectivity index is 1.67. The molecule has 3 aromatic rings.